The molecule has 3 nitrogen and oxygen atoms in total. The zero-order chi connectivity index (χ0) is 13.2. The summed E-state index contributed by atoms with van der Waals surface area (Å²) in [5.74, 6) is 1.23. The Morgan fingerprint density at radius 1 is 1.00 bits per heavy atom. The van der Waals surface area contributed by atoms with E-state index in [-0.39, 0.29) is 12.1 Å². The van der Waals surface area contributed by atoms with Crippen molar-refractivity contribution in [1.82, 2.24) is 0 Å². The van der Waals surface area contributed by atoms with Gasteiger partial charge in [0.15, 0.2) is 0 Å². The summed E-state index contributed by atoms with van der Waals surface area (Å²) in [6.07, 6.45) is 11.0. The van der Waals surface area contributed by atoms with Crippen molar-refractivity contribution in [3.63, 3.8) is 0 Å². The molecule has 108 valence electrons. The molecule has 3 fully saturated rings. The van der Waals surface area contributed by atoms with E-state index in [1.165, 1.54) is 64.5 Å². The molecule has 3 rings (SSSR count). The van der Waals surface area contributed by atoms with Gasteiger partial charge in [0.2, 0.25) is 0 Å². The number of hydrogen-bond donors (Lipinski definition) is 1. The van der Waals surface area contributed by atoms with Gasteiger partial charge in [-0.25, -0.2) is 0 Å². The molecule has 2 aliphatic carbocycles. The van der Waals surface area contributed by atoms with Crippen molar-refractivity contribution in [3.8, 4) is 0 Å². The van der Waals surface area contributed by atoms with Gasteiger partial charge in [0.1, 0.15) is 6.10 Å². The smallest absolute Gasteiger partial charge is 0.302 e. The first kappa shape index (κ1) is 13.4. The lowest BCUT2D eigenvalue weighted by atomic mass is 9.67. The van der Waals surface area contributed by atoms with E-state index in [1.807, 2.05) is 4.90 Å². The Kier molecular flexibility index (Phi) is 4.11. The molecule has 2 saturated carbocycles. The number of quaternary nitrogens is 1. The number of esters is 1. The molecule has 1 saturated heterocycles. The van der Waals surface area contributed by atoms with Crippen LogP contribution in [0, 0.1) is 11.8 Å². The zero-order valence-corrected chi connectivity index (χ0v) is 12.2. The van der Waals surface area contributed by atoms with Gasteiger partial charge in [0, 0.05) is 19.3 Å². The van der Waals surface area contributed by atoms with Crippen molar-refractivity contribution in [2.24, 2.45) is 11.8 Å². The van der Waals surface area contributed by atoms with E-state index in [0.29, 0.717) is 11.8 Å². The maximum atomic E-state index is 11.4. The molecule has 0 unspecified atom stereocenters. The van der Waals surface area contributed by atoms with Crippen molar-refractivity contribution in [2.45, 2.75) is 70.4 Å². The van der Waals surface area contributed by atoms with Gasteiger partial charge >= 0.3 is 5.97 Å². The van der Waals surface area contributed by atoms with Crippen LogP contribution in [0.2, 0.25) is 0 Å². The van der Waals surface area contributed by atoms with Crippen LogP contribution in [0.15, 0.2) is 0 Å². The molecule has 0 amide bonds. The lowest BCUT2D eigenvalue weighted by Crippen LogP contribution is -3.17. The summed E-state index contributed by atoms with van der Waals surface area (Å²) in [5.41, 5.74) is 0. The van der Waals surface area contributed by atoms with E-state index in [9.17, 15) is 4.79 Å². The lowest BCUT2D eigenvalue weighted by molar-refractivity contribution is -0.936. The van der Waals surface area contributed by atoms with Crippen LogP contribution < -0.4 is 4.90 Å². The van der Waals surface area contributed by atoms with Gasteiger partial charge in [-0.3, -0.25) is 4.79 Å². The Hall–Kier alpha value is -0.570. The Morgan fingerprint density at radius 2 is 1.79 bits per heavy atom. The Morgan fingerprint density at radius 3 is 2.53 bits per heavy atom. The fraction of sp³-hybridized carbons (Fsp3) is 0.938. The highest BCUT2D eigenvalue weighted by Gasteiger charge is 2.47. The summed E-state index contributed by atoms with van der Waals surface area (Å²) in [7, 11) is 0. The number of likely N-dealkylation sites (tertiary alicyclic amines) is 1. The molecular formula is C16H28NO2+. The number of carbonyl (C=O) groups excluding carboxylic acids is 1. The van der Waals surface area contributed by atoms with Crippen LogP contribution >= 0.6 is 0 Å². The highest BCUT2D eigenvalue weighted by atomic mass is 16.5. The topological polar surface area (TPSA) is 30.7 Å². The van der Waals surface area contributed by atoms with Crippen LogP contribution in [0.4, 0.5) is 0 Å². The molecule has 0 aromatic heterocycles. The third-order valence-corrected chi connectivity index (χ3v) is 5.69. The van der Waals surface area contributed by atoms with Crippen LogP contribution in [0.1, 0.15) is 58.3 Å². The predicted molar refractivity (Wildman–Crippen MR) is 74.0 cm³/mol. The predicted octanol–water partition coefficient (Wildman–Crippen LogP) is 1.57. The van der Waals surface area contributed by atoms with E-state index >= 15 is 0 Å². The zero-order valence-electron chi connectivity index (χ0n) is 12.2. The van der Waals surface area contributed by atoms with Crippen molar-refractivity contribution in [3.05, 3.63) is 0 Å². The molecule has 0 aromatic carbocycles. The molecular weight excluding hydrogens is 238 g/mol. The SMILES string of the molecule is CC(=O)O[C@@H]1[C@@H]2CCC[C@H]1[C@@H]([NH+]1CCCCC1)CC2. The van der Waals surface area contributed by atoms with E-state index < -0.39 is 0 Å². The van der Waals surface area contributed by atoms with E-state index in [4.69, 9.17) is 4.74 Å². The normalized spacial score (nSPS) is 39.8. The molecule has 1 N–H and O–H groups in total. The fourth-order valence-corrected chi connectivity index (χ4v) is 4.90. The minimum atomic E-state index is -0.0730. The monoisotopic (exact) mass is 266 g/mol. The summed E-state index contributed by atoms with van der Waals surface area (Å²) in [5, 5.41) is 0. The summed E-state index contributed by atoms with van der Waals surface area (Å²) in [6.45, 7) is 4.27. The van der Waals surface area contributed by atoms with Gasteiger partial charge in [-0.15, -0.1) is 0 Å². The van der Waals surface area contributed by atoms with E-state index in [2.05, 4.69) is 0 Å². The van der Waals surface area contributed by atoms with Gasteiger partial charge in [-0.1, -0.05) is 6.42 Å². The first-order chi connectivity index (χ1) is 9.25. The third-order valence-electron chi connectivity index (χ3n) is 5.69. The van der Waals surface area contributed by atoms with Gasteiger partial charge in [-0.2, -0.15) is 0 Å². The lowest BCUT2D eigenvalue weighted by Gasteiger charge is -2.48. The number of rotatable bonds is 2. The van der Waals surface area contributed by atoms with E-state index in [1.54, 1.807) is 6.92 Å². The number of nitrogens with one attached hydrogen (secondary N) is 1. The average Bonchev–Trinajstić information content (AvgIpc) is 2.39. The first-order valence-electron chi connectivity index (χ1n) is 8.27. The van der Waals surface area contributed by atoms with Crippen molar-refractivity contribution in [1.29, 1.82) is 0 Å². The number of fused-ring (bicyclic) bond motifs is 2. The standard InChI is InChI=1S/C16H27NO2/c1-12(18)19-16-13-6-5-7-14(16)15(9-8-13)17-10-3-2-4-11-17/h13-16H,2-11H2,1H3/p+1/t13-,14+,15+,16-/m1/s1. The Balaban J connectivity index is 1.72. The van der Waals surface area contributed by atoms with Gasteiger partial charge < -0.3 is 9.64 Å². The highest BCUT2D eigenvalue weighted by Crippen LogP contribution is 2.41. The Bertz CT molecular complexity index is 325. The first-order valence-corrected chi connectivity index (χ1v) is 8.27. The second kappa shape index (κ2) is 5.82. The molecule has 0 radical (unpaired) electrons. The molecule has 3 heteroatoms. The van der Waals surface area contributed by atoms with Crippen LogP contribution in [0.25, 0.3) is 0 Å². The summed E-state index contributed by atoms with van der Waals surface area (Å²) in [6, 6.07) is 0.765. The second-order valence-electron chi connectivity index (χ2n) is 6.83. The molecule has 3 aliphatic rings. The second-order valence-corrected chi connectivity index (χ2v) is 6.83. The maximum Gasteiger partial charge on any atom is 0.302 e. The van der Waals surface area contributed by atoms with Crippen LogP contribution in [0.5, 0.6) is 0 Å². The summed E-state index contributed by atoms with van der Waals surface area (Å²) >= 11 is 0. The van der Waals surface area contributed by atoms with Crippen LogP contribution in [-0.2, 0) is 9.53 Å². The number of ether oxygens (including phenoxy) is 1. The Labute approximate surface area is 116 Å². The van der Waals surface area contributed by atoms with Crippen molar-refractivity contribution in [2.75, 3.05) is 13.1 Å². The molecule has 19 heavy (non-hydrogen) atoms. The summed E-state index contributed by atoms with van der Waals surface area (Å²) < 4.78 is 5.73. The molecule has 4 atom stereocenters. The van der Waals surface area contributed by atoms with Crippen molar-refractivity contribution < 1.29 is 14.4 Å². The van der Waals surface area contributed by atoms with E-state index in [0.717, 1.165) is 6.04 Å². The molecule has 0 aromatic rings. The number of piperidine rings is 1. The van der Waals surface area contributed by atoms with Crippen LogP contribution in [0.3, 0.4) is 0 Å². The molecule has 0 spiro atoms. The fourth-order valence-electron chi connectivity index (χ4n) is 4.90. The quantitative estimate of drug-likeness (QED) is 0.769. The van der Waals surface area contributed by atoms with Gasteiger partial charge in [0.25, 0.3) is 0 Å². The maximum absolute atomic E-state index is 11.4. The van der Waals surface area contributed by atoms with Crippen molar-refractivity contribution >= 4 is 5.97 Å². The number of hydrogen-bond acceptors (Lipinski definition) is 2. The molecule has 2 bridgehead atoms. The summed E-state index contributed by atoms with van der Waals surface area (Å²) in [4.78, 5) is 13.2. The van der Waals surface area contributed by atoms with Gasteiger partial charge in [0.05, 0.1) is 19.1 Å². The van der Waals surface area contributed by atoms with Crippen LogP contribution in [-0.4, -0.2) is 31.2 Å². The van der Waals surface area contributed by atoms with Gasteiger partial charge in [-0.05, 0) is 44.4 Å². The largest absolute Gasteiger partial charge is 0.462 e. The minimum absolute atomic E-state index is 0.0730. The minimum Gasteiger partial charge on any atom is -0.462 e. The number of carbonyl (C=O) groups is 1. The molecule has 1 aliphatic heterocycles. The molecule has 1 heterocycles. The highest BCUT2D eigenvalue weighted by molar-refractivity contribution is 5.66. The average molecular weight is 266 g/mol. The third kappa shape index (κ3) is 2.81.